The lowest BCUT2D eigenvalue weighted by atomic mass is 10.1. The molecule has 4 aromatic rings. The number of hydrogen-bond acceptors (Lipinski definition) is 7. The standard InChI is InChI=1S/C25H25N3O5S2/c1-4-32-20-10-8-19(9-11-20)26-24(29)16-28(22-7-5-6-17(2)18(22)3)35(30,31)25-13-12-23(34-25)21-14-15-33-27-21/h5-15H,4,16H2,1-3H3,(H,26,29). The van der Waals surface area contributed by atoms with Crippen LogP contribution in [0.15, 0.2) is 75.7 Å². The van der Waals surface area contributed by atoms with Gasteiger partial charge in [-0.1, -0.05) is 17.3 Å². The minimum atomic E-state index is -4.05. The van der Waals surface area contributed by atoms with Crippen molar-refractivity contribution in [3.8, 4) is 16.3 Å². The number of carbonyl (C=O) groups excluding carboxylic acids is 1. The number of nitrogens with zero attached hydrogens (tertiary/aromatic N) is 2. The molecule has 2 aromatic carbocycles. The third-order valence-electron chi connectivity index (χ3n) is 5.40. The maximum Gasteiger partial charge on any atom is 0.274 e. The molecule has 1 N–H and O–H groups in total. The van der Waals surface area contributed by atoms with E-state index in [9.17, 15) is 13.2 Å². The number of ether oxygens (including phenoxy) is 1. The molecule has 0 spiro atoms. The van der Waals surface area contributed by atoms with Crippen molar-refractivity contribution < 1.29 is 22.5 Å². The Morgan fingerprint density at radius 1 is 1.09 bits per heavy atom. The number of anilines is 2. The van der Waals surface area contributed by atoms with E-state index in [2.05, 4.69) is 10.5 Å². The average Bonchev–Trinajstić information content (AvgIpc) is 3.53. The van der Waals surface area contributed by atoms with Crippen LogP contribution in [0.1, 0.15) is 18.1 Å². The topological polar surface area (TPSA) is 102 Å². The van der Waals surface area contributed by atoms with Gasteiger partial charge in [-0.05, 0) is 74.4 Å². The zero-order valence-corrected chi connectivity index (χ0v) is 21.2. The molecule has 8 nitrogen and oxygen atoms in total. The molecule has 0 atom stereocenters. The minimum Gasteiger partial charge on any atom is -0.494 e. The summed E-state index contributed by atoms with van der Waals surface area (Å²) in [6.45, 7) is 5.77. The largest absolute Gasteiger partial charge is 0.494 e. The SMILES string of the molecule is CCOc1ccc(NC(=O)CN(c2cccc(C)c2C)S(=O)(=O)c2ccc(-c3ccon3)s2)cc1. The molecule has 2 aromatic heterocycles. The van der Waals surface area contributed by atoms with Crippen LogP contribution in [0.2, 0.25) is 0 Å². The quantitative estimate of drug-likeness (QED) is 0.329. The Morgan fingerprint density at radius 2 is 1.86 bits per heavy atom. The summed E-state index contributed by atoms with van der Waals surface area (Å²) in [6, 6.07) is 17.2. The normalized spacial score (nSPS) is 11.3. The summed E-state index contributed by atoms with van der Waals surface area (Å²) < 4.78 is 39.1. The maximum absolute atomic E-state index is 13.8. The lowest BCUT2D eigenvalue weighted by Crippen LogP contribution is -2.38. The zero-order chi connectivity index (χ0) is 25.0. The smallest absolute Gasteiger partial charge is 0.274 e. The number of aryl methyl sites for hydroxylation is 1. The molecule has 0 unspecified atom stereocenters. The van der Waals surface area contributed by atoms with E-state index in [4.69, 9.17) is 9.26 Å². The van der Waals surface area contributed by atoms with Gasteiger partial charge in [-0.15, -0.1) is 11.3 Å². The van der Waals surface area contributed by atoms with Crippen LogP contribution in [0.5, 0.6) is 5.75 Å². The number of nitrogens with one attached hydrogen (secondary N) is 1. The van der Waals surface area contributed by atoms with Gasteiger partial charge in [0.2, 0.25) is 5.91 Å². The number of rotatable bonds is 9. The van der Waals surface area contributed by atoms with Gasteiger partial charge < -0.3 is 14.6 Å². The Hall–Kier alpha value is -3.63. The van der Waals surface area contributed by atoms with Crippen LogP contribution in [0.3, 0.4) is 0 Å². The molecule has 0 aliphatic carbocycles. The molecular weight excluding hydrogens is 486 g/mol. The number of amides is 1. The molecule has 35 heavy (non-hydrogen) atoms. The zero-order valence-electron chi connectivity index (χ0n) is 19.5. The highest BCUT2D eigenvalue weighted by molar-refractivity contribution is 7.94. The highest BCUT2D eigenvalue weighted by Gasteiger charge is 2.30. The van der Waals surface area contributed by atoms with E-state index in [0.29, 0.717) is 34.3 Å². The van der Waals surface area contributed by atoms with Gasteiger partial charge in [0.05, 0.1) is 17.2 Å². The van der Waals surface area contributed by atoms with Crippen LogP contribution in [0.4, 0.5) is 11.4 Å². The molecule has 0 saturated carbocycles. The number of hydrogen-bond donors (Lipinski definition) is 1. The molecule has 0 fully saturated rings. The second-order valence-corrected chi connectivity index (χ2v) is 10.9. The number of aromatic nitrogens is 1. The lowest BCUT2D eigenvalue weighted by Gasteiger charge is -2.25. The van der Waals surface area contributed by atoms with Crippen molar-refractivity contribution in [2.24, 2.45) is 0 Å². The van der Waals surface area contributed by atoms with Gasteiger partial charge in [0.1, 0.15) is 28.5 Å². The van der Waals surface area contributed by atoms with Crippen LogP contribution >= 0.6 is 11.3 Å². The number of sulfonamides is 1. The fraction of sp³-hybridized carbons (Fsp3) is 0.200. The molecule has 2 heterocycles. The van der Waals surface area contributed by atoms with Gasteiger partial charge in [-0.3, -0.25) is 9.10 Å². The van der Waals surface area contributed by atoms with Crippen molar-refractivity contribution in [3.05, 3.63) is 78.1 Å². The van der Waals surface area contributed by atoms with Gasteiger partial charge in [0, 0.05) is 11.8 Å². The Bertz CT molecular complexity index is 1410. The summed E-state index contributed by atoms with van der Waals surface area (Å²) in [6.07, 6.45) is 1.43. The van der Waals surface area contributed by atoms with Crippen LogP contribution in [0.25, 0.3) is 10.6 Å². The van der Waals surface area contributed by atoms with Gasteiger partial charge >= 0.3 is 0 Å². The third kappa shape index (κ3) is 5.39. The van der Waals surface area contributed by atoms with Crippen molar-refractivity contribution in [2.45, 2.75) is 25.0 Å². The number of thiophene rings is 1. The second-order valence-electron chi connectivity index (χ2n) is 7.74. The first kappa shape index (κ1) is 24.5. The molecule has 1 amide bonds. The fourth-order valence-corrected chi connectivity index (χ4v) is 6.34. The van der Waals surface area contributed by atoms with Crippen molar-refractivity contribution in [2.75, 3.05) is 22.8 Å². The fourth-order valence-electron chi connectivity index (χ4n) is 3.48. The van der Waals surface area contributed by atoms with Crippen molar-refractivity contribution >= 4 is 38.6 Å². The Kier molecular flexibility index (Phi) is 7.23. The van der Waals surface area contributed by atoms with E-state index in [1.807, 2.05) is 26.8 Å². The predicted molar refractivity (Wildman–Crippen MR) is 137 cm³/mol. The highest BCUT2D eigenvalue weighted by atomic mass is 32.2. The summed E-state index contributed by atoms with van der Waals surface area (Å²) in [5, 5.41) is 6.65. The summed E-state index contributed by atoms with van der Waals surface area (Å²) in [7, 11) is -4.05. The second kappa shape index (κ2) is 10.3. The van der Waals surface area contributed by atoms with Gasteiger partial charge in [-0.25, -0.2) is 8.42 Å². The lowest BCUT2D eigenvalue weighted by molar-refractivity contribution is -0.114. The van der Waals surface area contributed by atoms with E-state index in [1.54, 1.807) is 48.5 Å². The Balaban J connectivity index is 1.65. The molecule has 0 radical (unpaired) electrons. The summed E-state index contributed by atoms with van der Waals surface area (Å²) >= 11 is 1.07. The van der Waals surface area contributed by atoms with Crippen molar-refractivity contribution in [3.63, 3.8) is 0 Å². The molecule has 0 aliphatic heterocycles. The van der Waals surface area contributed by atoms with Crippen LogP contribution < -0.4 is 14.4 Å². The first-order chi connectivity index (χ1) is 16.8. The summed E-state index contributed by atoms with van der Waals surface area (Å²) in [5.41, 5.74) is 3.23. The van der Waals surface area contributed by atoms with E-state index in [0.717, 1.165) is 26.8 Å². The van der Waals surface area contributed by atoms with Gasteiger partial charge in [0.15, 0.2) is 0 Å². The molecular formula is C25H25N3O5S2. The molecule has 0 bridgehead atoms. The van der Waals surface area contributed by atoms with Gasteiger partial charge in [-0.2, -0.15) is 0 Å². The van der Waals surface area contributed by atoms with Gasteiger partial charge in [0.25, 0.3) is 10.0 Å². The maximum atomic E-state index is 13.8. The first-order valence-electron chi connectivity index (χ1n) is 10.9. The monoisotopic (exact) mass is 511 g/mol. The molecule has 0 aliphatic rings. The van der Waals surface area contributed by atoms with Crippen LogP contribution in [-0.4, -0.2) is 32.6 Å². The van der Waals surface area contributed by atoms with Crippen molar-refractivity contribution in [1.29, 1.82) is 0 Å². The average molecular weight is 512 g/mol. The minimum absolute atomic E-state index is 0.102. The van der Waals surface area contributed by atoms with E-state index in [-0.39, 0.29) is 4.21 Å². The third-order valence-corrected chi connectivity index (χ3v) is 8.73. The van der Waals surface area contributed by atoms with E-state index < -0.39 is 22.5 Å². The van der Waals surface area contributed by atoms with Crippen molar-refractivity contribution in [1.82, 2.24) is 5.16 Å². The van der Waals surface area contributed by atoms with Crippen LogP contribution in [-0.2, 0) is 14.8 Å². The van der Waals surface area contributed by atoms with E-state index >= 15 is 0 Å². The molecule has 182 valence electrons. The van der Waals surface area contributed by atoms with Crippen LogP contribution in [0, 0.1) is 13.8 Å². The molecule has 10 heteroatoms. The number of carbonyl (C=O) groups is 1. The first-order valence-corrected chi connectivity index (χ1v) is 13.2. The number of benzene rings is 2. The molecule has 0 saturated heterocycles. The summed E-state index contributed by atoms with van der Waals surface area (Å²) in [5.74, 6) is 0.220. The Morgan fingerprint density at radius 3 is 2.54 bits per heavy atom. The highest BCUT2D eigenvalue weighted by Crippen LogP contribution is 2.34. The Labute approximate surface area is 208 Å². The molecule has 4 rings (SSSR count). The summed E-state index contributed by atoms with van der Waals surface area (Å²) in [4.78, 5) is 13.7. The predicted octanol–water partition coefficient (Wildman–Crippen LogP) is 5.25. The van der Waals surface area contributed by atoms with E-state index in [1.165, 1.54) is 12.3 Å².